The molecular weight excluding hydrogens is 236 g/mol. The van der Waals surface area contributed by atoms with Gasteiger partial charge in [-0.15, -0.1) is 0 Å². The van der Waals surface area contributed by atoms with E-state index in [1.807, 2.05) is 24.1 Å². The van der Waals surface area contributed by atoms with Crippen LogP contribution >= 0.6 is 0 Å². The summed E-state index contributed by atoms with van der Waals surface area (Å²) in [6, 6.07) is 8.75. The number of benzene rings is 1. The monoisotopic (exact) mass is 262 g/mol. The van der Waals surface area contributed by atoms with E-state index >= 15 is 0 Å². The Labute approximate surface area is 117 Å². The average Bonchev–Trinajstić information content (AvgIpc) is 2.43. The number of nitrogens with zero attached hydrogens (tertiary/aromatic N) is 1. The first-order valence-electron chi connectivity index (χ1n) is 7.16. The van der Waals surface area contributed by atoms with Crippen molar-refractivity contribution >= 4 is 11.6 Å². The number of amides is 1. The first-order chi connectivity index (χ1) is 9.12. The van der Waals surface area contributed by atoms with E-state index in [0.717, 1.165) is 31.5 Å². The molecule has 0 aliphatic carbocycles. The fraction of sp³-hybridized carbons (Fsp3) is 0.562. The Bertz CT molecular complexity index is 382. The molecule has 0 bridgehead atoms. The minimum Gasteiger partial charge on any atom is -0.317 e. The lowest BCUT2D eigenvalue weighted by molar-refractivity contribution is -0.116. The van der Waals surface area contributed by atoms with Crippen LogP contribution in [0.2, 0.25) is 0 Å². The molecule has 0 aliphatic heterocycles. The first kappa shape index (κ1) is 15.7. The second kappa shape index (κ2) is 7.95. The largest absolute Gasteiger partial charge is 0.317 e. The average molecular weight is 262 g/mol. The van der Waals surface area contributed by atoms with Crippen LogP contribution in [-0.4, -0.2) is 25.5 Å². The maximum absolute atomic E-state index is 11.8. The van der Waals surface area contributed by atoms with E-state index in [1.54, 1.807) is 6.92 Å². The van der Waals surface area contributed by atoms with E-state index in [4.69, 9.17) is 0 Å². The van der Waals surface area contributed by atoms with E-state index in [9.17, 15) is 4.79 Å². The molecule has 0 fully saturated rings. The molecule has 1 amide bonds. The summed E-state index contributed by atoms with van der Waals surface area (Å²) in [4.78, 5) is 13.7. The molecule has 1 rings (SSSR count). The number of aryl methyl sites for hydroxylation is 1. The number of carbonyl (C=O) groups is 1. The molecule has 0 aromatic heterocycles. The van der Waals surface area contributed by atoms with Gasteiger partial charge in [0.25, 0.3) is 0 Å². The van der Waals surface area contributed by atoms with E-state index in [2.05, 4.69) is 31.3 Å². The standard InChI is InChI=1S/C16H26N2O/c1-5-14-7-9-16(10-8-14)18(13(3)19)12-11-15(6-2)17-4/h7-10,15,17H,5-6,11-12H2,1-4H3. The van der Waals surface area contributed by atoms with Crippen molar-refractivity contribution in [2.24, 2.45) is 0 Å². The molecule has 1 unspecified atom stereocenters. The third-order valence-electron chi connectivity index (χ3n) is 3.64. The van der Waals surface area contributed by atoms with Crippen LogP contribution in [0.1, 0.15) is 39.2 Å². The van der Waals surface area contributed by atoms with Gasteiger partial charge in [-0.05, 0) is 44.0 Å². The summed E-state index contributed by atoms with van der Waals surface area (Å²) in [5, 5.41) is 3.28. The summed E-state index contributed by atoms with van der Waals surface area (Å²) in [5.74, 6) is 0.107. The first-order valence-corrected chi connectivity index (χ1v) is 7.16. The third kappa shape index (κ3) is 4.67. The molecule has 1 aromatic rings. The van der Waals surface area contributed by atoms with Crippen LogP contribution < -0.4 is 10.2 Å². The summed E-state index contributed by atoms with van der Waals surface area (Å²) in [5.41, 5.74) is 2.30. The van der Waals surface area contributed by atoms with Crippen molar-refractivity contribution in [2.45, 2.75) is 46.1 Å². The SMILES string of the molecule is CCc1ccc(N(CCC(CC)NC)C(C)=O)cc1. The summed E-state index contributed by atoms with van der Waals surface area (Å²) >= 11 is 0. The predicted octanol–water partition coefficient (Wildman–Crippen LogP) is 2.99. The molecule has 0 saturated carbocycles. The molecule has 1 N–H and O–H groups in total. The van der Waals surface area contributed by atoms with Gasteiger partial charge in [0.2, 0.25) is 5.91 Å². The topological polar surface area (TPSA) is 32.3 Å². The minimum absolute atomic E-state index is 0.107. The van der Waals surface area contributed by atoms with Crippen molar-refractivity contribution < 1.29 is 4.79 Å². The molecule has 0 heterocycles. The smallest absolute Gasteiger partial charge is 0.223 e. The molecular formula is C16H26N2O. The Morgan fingerprint density at radius 2 is 1.89 bits per heavy atom. The highest BCUT2D eigenvalue weighted by Gasteiger charge is 2.13. The van der Waals surface area contributed by atoms with Gasteiger partial charge in [-0.25, -0.2) is 0 Å². The molecule has 0 saturated heterocycles. The Balaban J connectivity index is 2.73. The number of rotatable bonds is 7. The second-order valence-corrected chi connectivity index (χ2v) is 4.87. The zero-order valence-corrected chi connectivity index (χ0v) is 12.6. The quantitative estimate of drug-likeness (QED) is 0.819. The molecule has 0 radical (unpaired) electrons. The maximum atomic E-state index is 11.8. The number of anilines is 1. The number of hydrogen-bond donors (Lipinski definition) is 1. The lowest BCUT2D eigenvalue weighted by atomic mass is 10.1. The van der Waals surface area contributed by atoms with Crippen molar-refractivity contribution in [3.8, 4) is 0 Å². The Hall–Kier alpha value is -1.35. The van der Waals surface area contributed by atoms with Gasteiger partial charge in [-0.2, -0.15) is 0 Å². The molecule has 19 heavy (non-hydrogen) atoms. The van der Waals surface area contributed by atoms with Crippen LogP contribution in [-0.2, 0) is 11.2 Å². The summed E-state index contributed by atoms with van der Waals surface area (Å²) < 4.78 is 0. The van der Waals surface area contributed by atoms with E-state index in [-0.39, 0.29) is 5.91 Å². The van der Waals surface area contributed by atoms with Crippen LogP contribution in [0.15, 0.2) is 24.3 Å². The van der Waals surface area contributed by atoms with Crippen molar-refractivity contribution in [3.05, 3.63) is 29.8 Å². The van der Waals surface area contributed by atoms with Crippen LogP contribution in [0.4, 0.5) is 5.69 Å². The van der Waals surface area contributed by atoms with Crippen LogP contribution in [0.25, 0.3) is 0 Å². The number of nitrogens with one attached hydrogen (secondary N) is 1. The molecule has 0 spiro atoms. The van der Waals surface area contributed by atoms with Gasteiger partial charge in [0.15, 0.2) is 0 Å². The van der Waals surface area contributed by atoms with E-state index in [0.29, 0.717) is 6.04 Å². The Morgan fingerprint density at radius 3 is 2.32 bits per heavy atom. The summed E-state index contributed by atoms with van der Waals surface area (Å²) in [7, 11) is 1.97. The zero-order valence-electron chi connectivity index (χ0n) is 12.6. The molecule has 3 nitrogen and oxygen atoms in total. The van der Waals surface area contributed by atoms with Gasteiger partial charge < -0.3 is 10.2 Å². The highest BCUT2D eigenvalue weighted by molar-refractivity contribution is 5.91. The van der Waals surface area contributed by atoms with Gasteiger partial charge in [-0.1, -0.05) is 26.0 Å². The molecule has 3 heteroatoms. The van der Waals surface area contributed by atoms with E-state index < -0.39 is 0 Å². The van der Waals surface area contributed by atoms with Crippen LogP contribution in [0, 0.1) is 0 Å². The molecule has 0 aliphatic rings. The fourth-order valence-electron chi connectivity index (χ4n) is 2.22. The number of hydrogen-bond acceptors (Lipinski definition) is 2. The lowest BCUT2D eigenvalue weighted by Crippen LogP contribution is -2.34. The normalized spacial score (nSPS) is 12.2. The summed E-state index contributed by atoms with van der Waals surface area (Å²) in [6.07, 6.45) is 3.08. The van der Waals surface area contributed by atoms with Gasteiger partial charge >= 0.3 is 0 Å². The van der Waals surface area contributed by atoms with Crippen molar-refractivity contribution in [1.29, 1.82) is 0 Å². The van der Waals surface area contributed by atoms with E-state index in [1.165, 1.54) is 5.56 Å². The Kier molecular flexibility index (Phi) is 6.57. The van der Waals surface area contributed by atoms with Gasteiger partial charge in [0.05, 0.1) is 0 Å². The van der Waals surface area contributed by atoms with Crippen molar-refractivity contribution in [3.63, 3.8) is 0 Å². The van der Waals surface area contributed by atoms with Gasteiger partial charge in [0, 0.05) is 25.2 Å². The zero-order chi connectivity index (χ0) is 14.3. The third-order valence-corrected chi connectivity index (χ3v) is 3.64. The van der Waals surface area contributed by atoms with Crippen molar-refractivity contribution in [2.75, 3.05) is 18.5 Å². The fourth-order valence-corrected chi connectivity index (χ4v) is 2.22. The highest BCUT2D eigenvalue weighted by atomic mass is 16.2. The van der Waals surface area contributed by atoms with Crippen molar-refractivity contribution in [1.82, 2.24) is 5.32 Å². The Morgan fingerprint density at radius 1 is 1.26 bits per heavy atom. The van der Waals surface area contributed by atoms with Gasteiger partial charge in [0.1, 0.15) is 0 Å². The van der Waals surface area contributed by atoms with Crippen LogP contribution in [0.5, 0.6) is 0 Å². The summed E-state index contributed by atoms with van der Waals surface area (Å²) in [6.45, 7) is 6.69. The second-order valence-electron chi connectivity index (χ2n) is 4.87. The lowest BCUT2D eigenvalue weighted by Gasteiger charge is -2.24. The minimum atomic E-state index is 0.107. The highest BCUT2D eigenvalue weighted by Crippen LogP contribution is 2.17. The molecule has 1 atom stereocenters. The maximum Gasteiger partial charge on any atom is 0.223 e. The predicted molar refractivity (Wildman–Crippen MR) is 81.6 cm³/mol. The van der Waals surface area contributed by atoms with Crippen LogP contribution in [0.3, 0.4) is 0 Å². The molecule has 1 aromatic carbocycles. The van der Waals surface area contributed by atoms with Gasteiger partial charge in [-0.3, -0.25) is 4.79 Å². The number of carbonyl (C=O) groups excluding carboxylic acids is 1. The molecule has 106 valence electrons.